The molecule has 1 aromatic rings. The molecular weight excluding hydrogens is 453 g/mol. The van der Waals surface area contributed by atoms with E-state index in [2.05, 4.69) is 40.7 Å². The fraction of sp³-hybridized carbons (Fsp3) is 0.667. The molecule has 1 aliphatic heterocycles. The molecule has 0 bridgehead atoms. The Morgan fingerprint density at radius 3 is 2.78 bits per heavy atom. The predicted molar refractivity (Wildman–Crippen MR) is 121 cm³/mol. The maximum absolute atomic E-state index is 6.12. The first-order valence-electron chi connectivity index (χ1n) is 9.99. The van der Waals surface area contributed by atoms with E-state index in [0.29, 0.717) is 12.5 Å². The largest absolute Gasteiger partial charge is 0.493 e. The van der Waals surface area contributed by atoms with Crippen molar-refractivity contribution in [2.45, 2.75) is 45.6 Å². The second-order valence-corrected chi connectivity index (χ2v) is 7.59. The van der Waals surface area contributed by atoms with Crippen LogP contribution in [0.3, 0.4) is 0 Å². The van der Waals surface area contributed by atoms with E-state index in [1.165, 1.54) is 31.2 Å². The summed E-state index contributed by atoms with van der Waals surface area (Å²) in [5.74, 6) is 3.33. The summed E-state index contributed by atoms with van der Waals surface area (Å²) in [5.41, 5.74) is 2.38. The molecule has 1 aliphatic carbocycles. The molecule has 3 rings (SSSR count). The molecule has 2 aliphatic rings. The van der Waals surface area contributed by atoms with Crippen LogP contribution in [0.2, 0.25) is 0 Å². The van der Waals surface area contributed by atoms with Gasteiger partial charge >= 0.3 is 0 Å². The van der Waals surface area contributed by atoms with Crippen LogP contribution in [0.5, 0.6) is 5.75 Å². The van der Waals surface area contributed by atoms with Crippen molar-refractivity contribution in [1.82, 2.24) is 10.6 Å². The van der Waals surface area contributed by atoms with Crippen LogP contribution >= 0.6 is 24.0 Å². The van der Waals surface area contributed by atoms with Gasteiger partial charge in [-0.1, -0.05) is 25.0 Å². The molecule has 1 aromatic carbocycles. The van der Waals surface area contributed by atoms with E-state index in [0.717, 1.165) is 56.0 Å². The predicted octanol–water partition coefficient (Wildman–Crippen LogP) is 3.88. The quantitative estimate of drug-likeness (QED) is 0.240. The normalized spacial score (nSPS) is 19.5. The fourth-order valence-electron chi connectivity index (χ4n) is 3.27. The lowest BCUT2D eigenvalue weighted by Gasteiger charge is -2.17. The summed E-state index contributed by atoms with van der Waals surface area (Å²) in [7, 11) is 1.82. The number of hydrogen-bond acceptors (Lipinski definition) is 3. The second-order valence-electron chi connectivity index (χ2n) is 7.59. The van der Waals surface area contributed by atoms with Crippen molar-refractivity contribution >= 4 is 29.9 Å². The number of rotatable bonds is 9. The third-order valence-electron chi connectivity index (χ3n) is 5.17. The Morgan fingerprint density at radius 1 is 1.22 bits per heavy atom. The third-order valence-corrected chi connectivity index (χ3v) is 5.17. The van der Waals surface area contributed by atoms with Gasteiger partial charge in [0.15, 0.2) is 5.96 Å². The van der Waals surface area contributed by atoms with Crippen LogP contribution in [-0.2, 0) is 11.3 Å². The monoisotopic (exact) mass is 487 g/mol. The third kappa shape index (κ3) is 7.86. The van der Waals surface area contributed by atoms with E-state index >= 15 is 0 Å². The Bertz CT molecular complexity index is 599. The Balaban J connectivity index is 0.00000261. The first kappa shape index (κ1) is 22.3. The number of aryl methyl sites for hydroxylation is 1. The van der Waals surface area contributed by atoms with E-state index in [9.17, 15) is 0 Å². The molecule has 1 unspecified atom stereocenters. The Labute approximate surface area is 180 Å². The van der Waals surface area contributed by atoms with Gasteiger partial charge in [-0.2, -0.15) is 0 Å². The maximum Gasteiger partial charge on any atom is 0.191 e. The summed E-state index contributed by atoms with van der Waals surface area (Å²) in [5, 5.41) is 6.82. The van der Waals surface area contributed by atoms with Gasteiger partial charge in [0.25, 0.3) is 0 Å². The summed E-state index contributed by atoms with van der Waals surface area (Å²) in [6.45, 7) is 6.19. The van der Waals surface area contributed by atoms with Gasteiger partial charge in [-0.3, -0.25) is 4.99 Å². The van der Waals surface area contributed by atoms with Crippen LogP contribution in [0.4, 0.5) is 0 Å². The van der Waals surface area contributed by atoms with Crippen LogP contribution in [0.15, 0.2) is 23.2 Å². The molecule has 2 fully saturated rings. The summed E-state index contributed by atoms with van der Waals surface area (Å²) in [4.78, 5) is 4.33. The zero-order valence-electron chi connectivity index (χ0n) is 16.6. The standard InChI is InChI=1S/C21H33N3O2.HI/c1-16-5-8-19(20(12-16)26-15-18-9-11-25-14-18)13-24-21(22-2)23-10-3-4-17-6-7-17;/h5,8,12,17-18H,3-4,6-7,9-11,13-15H2,1-2H3,(H2,22,23,24);1H. The van der Waals surface area contributed by atoms with Crippen molar-refractivity contribution < 1.29 is 9.47 Å². The van der Waals surface area contributed by atoms with Gasteiger partial charge < -0.3 is 20.1 Å². The first-order valence-corrected chi connectivity index (χ1v) is 9.99. The van der Waals surface area contributed by atoms with Crippen LogP contribution in [0.25, 0.3) is 0 Å². The van der Waals surface area contributed by atoms with E-state index in [1.54, 1.807) is 0 Å². The second kappa shape index (κ2) is 11.7. The Kier molecular flexibility index (Phi) is 9.68. The maximum atomic E-state index is 6.12. The highest BCUT2D eigenvalue weighted by Crippen LogP contribution is 2.33. The molecule has 5 nitrogen and oxygen atoms in total. The molecule has 1 saturated carbocycles. The van der Waals surface area contributed by atoms with E-state index in [1.807, 2.05) is 7.05 Å². The zero-order chi connectivity index (χ0) is 18.2. The zero-order valence-corrected chi connectivity index (χ0v) is 19.0. The number of hydrogen-bond donors (Lipinski definition) is 2. The van der Waals surface area contributed by atoms with Gasteiger partial charge in [-0.15, -0.1) is 24.0 Å². The number of aliphatic imine (C=N–C) groups is 1. The fourth-order valence-corrected chi connectivity index (χ4v) is 3.27. The van der Waals surface area contributed by atoms with Gasteiger partial charge in [0.05, 0.1) is 13.2 Å². The lowest BCUT2D eigenvalue weighted by molar-refractivity contribution is 0.166. The molecule has 6 heteroatoms. The minimum atomic E-state index is 0. The average Bonchev–Trinajstić information content (AvgIpc) is 3.33. The molecule has 1 saturated heterocycles. The SMILES string of the molecule is CN=C(NCCCC1CC1)NCc1ccc(C)cc1OCC1CCOC1.I. The van der Waals surface area contributed by atoms with E-state index in [-0.39, 0.29) is 24.0 Å². The van der Waals surface area contributed by atoms with Crippen molar-refractivity contribution in [3.63, 3.8) is 0 Å². The molecule has 0 aromatic heterocycles. The van der Waals surface area contributed by atoms with Crippen molar-refractivity contribution in [1.29, 1.82) is 0 Å². The highest BCUT2D eigenvalue weighted by molar-refractivity contribution is 14.0. The molecule has 27 heavy (non-hydrogen) atoms. The number of nitrogens with zero attached hydrogens (tertiary/aromatic N) is 1. The molecule has 2 N–H and O–H groups in total. The van der Waals surface area contributed by atoms with E-state index in [4.69, 9.17) is 9.47 Å². The number of nitrogens with one attached hydrogen (secondary N) is 2. The van der Waals surface area contributed by atoms with Crippen molar-refractivity contribution in [2.75, 3.05) is 33.4 Å². The van der Waals surface area contributed by atoms with Crippen molar-refractivity contribution in [3.8, 4) is 5.75 Å². The van der Waals surface area contributed by atoms with Crippen molar-refractivity contribution in [3.05, 3.63) is 29.3 Å². The summed E-state index contributed by atoms with van der Waals surface area (Å²) >= 11 is 0. The Hall–Kier alpha value is -1.02. The number of guanidine groups is 1. The molecule has 0 spiro atoms. The van der Waals surface area contributed by atoms with E-state index < -0.39 is 0 Å². The lowest BCUT2D eigenvalue weighted by Crippen LogP contribution is -2.37. The van der Waals surface area contributed by atoms with Gasteiger partial charge in [0.1, 0.15) is 5.75 Å². The van der Waals surface area contributed by atoms with Crippen LogP contribution in [-0.4, -0.2) is 39.4 Å². The highest BCUT2D eigenvalue weighted by atomic mass is 127. The minimum Gasteiger partial charge on any atom is -0.493 e. The van der Waals surface area contributed by atoms with Gasteiger partial charge in [-0.05, 0) is 43.7 Å². The summed E-state index contributed by atoms with van der Waals surface area (Å²) in [6.07, 6.45) is 6.50. The van der Waals surface area contributed by atoms with Crippen LogP contribution in [0, 0.1) is 18.8 Å². The van der Waals surface area contributed by atoms with Crippen LogP contribution < -0.4 is 15.4 Å². The van der Waals surface area contributed by atoms with Gasteiger partial charge in [0.2, 0.25) is 0 Å². The summed E-state index contributed by atoms with van der Waals surface area (Å²) in [6, 6.07) is 6.40. The molecule has 1 heterocycles. The topological polar surface area (TPSA) is 54.9 Å². The number of halogens is 1. The number of ether oxygens (including phenoxy) is 2. The van der Waals surface area contributed by atoms with Crippen molar-refractivity contribution in [2.24, 2.45) is 16.8 Å². The smallest absolute Gasteiger partial charge is 0.191 e. The first-order chi connectivity index (χ1) is 12.7. The average molecular weight is 487 g/mol. The molecular formula is C21H34IN3O2. The molecule has 1 atom stereocenters. The summed E-state index contributed by atoms with van der Waals surface area (Å²) < 4.78 is 11.6. The molecule has 0 radical (unpaired) electrons. The van der Waals surface area contributed by atoms with Gasteiger partial charge in [0, 0.05) is 38.2 Å². The highest BCUT2D eigenvalue weighted by Gasteiger charge is 2.20. The lowest BCUT2D eigenvalue weighted by atomic mass is 10.1. The number of benzene rings is 1. The molecule has 0 amide bonds. The minimum absolute atomic E-state index is 0. The Morgan fingerprint density at radius 2 is 2.07 bits per heavy atom. The molecule has 152 valence electrons. The van der Waals surface area contributed by atoms with Crippen LogP contribution in [0.1, 0.15) is 43.2 Å². The van der Waals surface area contributed by atoms with Gasteiger partial charge in [-0.25, -0.2) is 0 Å².